The predicted octanol–water partition coefficient (Wildman–Crippen LogP) is 0.599. The topological polar surface area (TPSA) is 71.2 Å². The molecule has 0 bridgehead atoms. The summed E-state index contributed by atoms with van der Waals surface area (Å²) in [6, 6.07) is 2.18. The second-order valence-electron chi connectivity index (χ2n) is 4.47. The van der Waals surface area contributed by atoms with E-state index < -0.39 is 0 Å². The molecule has 0 spiro atoms. The van der Waals surface area contributed by atoms with Crippen molar-refractivity contribution in [3.8, 4) is 6.07 Å². The maximum atomic E-state index is 11.5. The number of methoxy groups -OCH3 is 1. The average molecular weight is 248 g/mol. The molecule has 0 saturated carbocycles. The Morgan fingerprint density at radius 1 is 1.61 bits per heavy atom. The number of nitriles is 1. The number of ether oxygens (including phenoxy) is 1. The van der Waals surface area contributed by atoms with E-state index in [4.69, 9.17) is 4.74 Å². The maximum absolute atomic E-state index is 11.5. The zero-order chi connectivity index (χ0) is 13.3. The summed E-state index contributed by atoms with van der Waals surface area (Å²) in [5, 5.41) is 13.4. The Labute approximate surface area is 106 Å². The molecule has 18 heavy (non-hydrogen) atoms. The normalized spacial score (nSPS) is 18.8. The maximum Gasteiger partial charge on any atom is 0.310 e. The summed E-state index contributed by atoms with van der Waals surface area (Å²) in [6.45, 7) is 3.14. The van der Waals surface area contributed by atoms with Crippen LogP contribution >= 0.6 is 0 Å². The summed E-state index contributed by atoms with van der Waals surface area (Å²) in [5.41, 5.74) is 1.31. The summed E-state index contributed by atoms with van der Waals surface area (Å²) < 4.78 is 6.46. The second kappa shape index (κ2) is 4.69. The molecule has 1 aliphatic heterocycles. The van der Waals surface area contributed by atoms with Crippen molar-refractivity contribution in [3.05, 3.63) is 11.3 Å². The number of carbonyl (C=O) groups is 1. The van der Waals surface area contributed by atoms with Crippen LogP contribution in [-0.2, 0) is 16.6 Å². The van der Waals surface area contributed by atoms with Crippen LogP contribution < -0.4 is 4.90 Å². The second-order valence-corrected chi connectivity index (χ2v) is 4.47. The van der Waals surface area contributed by atoms with Gasteiger partial charge in [0.1, 0.15) is 17.5 Å². The Bertz CT molecular complexity index is 515. The molecule has 1 atom stereocenters. The van der Waals surface area contributed by atoms with Crippen LogP contribution in [0.1, 0.15) is 17.7 Å². The minimum atomic E-state index is -0.185. The first-order valence-electron chi connectivity index (χ1n) is 5.85. The standard InChI is InChI=1S/C12H16N4O2/c1-8-10(6-13)11(15(2)14-8)16-5-4-9(7-16)12(17)18-3/h9H,4-5,7H2,1-3H3. The van der Waals surface area contributed by atoms with E-state index in [9.17, 15) is 10.1 Å². The Morgan fingerprint density at radius 3 is 2.94 bits per heavy atom. The van der Waals surface area contributed by atoms with Gasteiger partial charge >= 0.3 is 5.97 Å². The van der Waals surface area contributed by atoms with Crippen LogP contribution in [0.3, 0.4) is 0 Å². The molecule has 96 valence electrons. The van der Waals surface area contributed by atoms with Crippen molar-refractivity contribution < 1.29 is 9.53 Å². The number of hydrogen-bond donors (Lipinski definition) is 0. The number of aryl methyl sites for hydroxylation is 2. The van der Waals surface area contributed by atoms with Gasteiger partial charge in [0.2, 0.25) is 0 Å². The van der Waals surface area contributed by atoms with Crippen LogP contribution in [0.15, 0.2) is 0 Å². The molecule has 1 aromatic rings. The molecule has 2 heterocycles. The van der Waals surface area contributed by atoms with Crippen LogP contribution in [0.4, 0.5) is 5.82 Å². The van der Waals surface area contributed by atoms with Gasteiger partial charge in [0.15, 0.2) is 0 Å². The number of aromatic nitrogens is 2. The summed E-state index contributed by atoms with van der Waals surface area (Å²) in [5.74, 6) is 0.494. The fourth-order valence-electron chi connectivity index (χ4n) is 2.45. The van der Waals surface area contributed by atoms with Gasteiger partial charge in [-0.05, 0) is 13.3 Å². The Hall–Kier alpha value is -2.03. The number of rotatable bonds is 2. The van der Waals surface area contributed by atoms with Gasteiger partial charge in [0.05, 0.1) is 18.7 Å². The summed E-state index contributed by atoms with van der Waals surface area (Å²) in [7, 11) is 3.22. The van der Waals surface area contributed by atoms with Crippen LogP contribution in [0, 0.1) is 24.2 Å². The molecule has 0 radical (unpaired) electrons. The first-order valence-corrected chi connectivity index (χ1v) is 5.85. The Kier molecular flexibility index (Phi) is 3.24. The summed E-state index contributed by atoms with van der Waals surface area (Å²) >= 11 is 0. The molecular formula is C12H16N4O2. The largest absolute Gasteiger partial charge is 0.469 e. The first kappa shape index (κ1) is 12.4. The highest BCUT2D eigenvalue weighted by Gasteiger charge is 2.32. The van der Waals surface area contributed by atoms with Gasteiger partial charge < -0.3 is 9.64 Å². The highest BCUT2D eigenvalue weighted by molar-refractivity contribution is 5.74. The molecule has 0 amide bonds. The lowest BCUT2D eigenvalue weighted by Crippen LogP contribution is -2.25. The SMILES string of the molecule is COC(=O)C1CCN(c2c(C#N)c(C)nn2C)C1. The van der Waals surface area contributed by atoms with Crippen molar-refractivity contribution in [3.63, 3.8) is 0 Å². The van der Waals surface area contributed by atoms with E-state index in [1.807, 2.05) is 18.9 Å². The Balaban J connectivity index is 2.25. The smallest absolute Gasteiger partial charge is 0.310 e. The van der Waals surface area contributed by atoms with E-state index in [0.29, 0.717) is 12.1 Å². The van der Waals surface area contributed by atoms with Crippen molar-refractivity contribution in [2.24, 2.45) is 13.0 Å². The number of esters is 1. The van der Waals surface area contributed by atoms with Gasteiger partial charge in [-0.15, -0.1) is 0 Å². The zero-order valence-electron chi connectivity index (χ0n) is 10.8. The number of anilines is 1. The molecule has 6 nitrogen and oxygen atoms in total. The average Bonchev–Trinajstić information content (AvgIpc) is 2.92. The molecule has 0 aromatic carbocycles. The van der Waals surface area contributed by atoms with E-state index >= 15 is 0 Å². The van der Waals surface area contributed by atoms with E-state index in [1.54, 1.807) is 4.68 Å². The molecule has 1 aromatic heterocycles. The van der Waals surface area contributed by atoms with E-state index in [1.165, 1.54) is 7.11 Å². The third-order valence-corrected chi connectivity index (χ3v) is 3.33. The third-order valence-electron chi connectivity index (χ3n) is 3.33. The molecule has 0 aliphatic carbocycles. The van der Waals surface area contributed by atoms with Gasteiger partial charge in [-0.1, -0.05) is 0 Å². The first-order chi connectivity index (χ1) is 8.58. The lowest BCUT2D eigenvalue weighted by atomic mass is 10.1. The zero-order valence-corrected chi connectivity index (χ0v) is 10.8. The molecule has 1 saturated heterocycles. The van der Waals surface area contributed by atoms with Gasteiger partial charge in [-0.25, -0.2) is 0 Å². The highest BCUT2D eigenvalue weighted by atomic mass is 16.5. The molecule has 1 fully saturated rings. The van der Waals surface area contributed by atoms with Crippen molar-refractivity contribution in [1.82, 2.24) is 9.78 Å². The molecule has 2 rings (SSSR count). The summed E-state index contributed by atoms with van der Waals surface area (Å²) in [4.78, 5) is 13.5. The van der Waals surface area contributed by atoms with Crippen molar-refractivity contribution in [2.45, 2.75) is 13.3 Å². The molecule has 1 aliphatic rings. The molecular weight excluding hydrogens is 232 g/mol. The van der Waals surface area contributed by atoms with E-state index in [-0.39, 0.29) is 11.9 Å². The Morgan fingerprint density at radius 2 is 2.33 bits per heavy atom. The lowest BCUT2D eigenvalue weighted by Gasteiger charge is -2.18. The highest BCUT2D eigenvalue weighted by Crippen LogP contribution is 2.28. The van der Waals surface area contributed by atoms with Crippen LogP contribution in [-0.4, -0.2) is 35.9 Å². The number of carbonyl (C=O) groups excluding carboxylic acids is 1. The van der Waals surface area contributed by atoms with E-state index in [2.05, 4.69) is 11.2 Å². The van der Waals surface area contributed by atoms with Gasteiger partial charge in [-0.3, -0.25) is 9.48 Å². The van der Waals surface area contributed by atoms with Gasteiger partial charge in [-0.2, -0.15) is 10.4 Å². The fourth-order valence-corrected chi connectivity index (χ4v) is 2.45. The summed E-state index contributed by atoms with van der Waals surface area (Å²) in [6.07, 6.45) is 0.752. The van der Waals surface area contributed by atoms with Crippen LogP contribution in [0.25, 0.3) is 0 Å². The minimum absolute atomic E-state index is 0.114. The number of hydrogen-bond acceptors (Lipinski definition) is 5. The van der Waals surface area contributed by atoms with Crippen molar-refractivity contribution in [1.29, 1.82) is 5.26 Å². The van der Waals surface area contributed by atoms with Gasteiger partial charge in [0.25, 0.3) is 0 Å². The number of nitrogens with zero attached hydrogens (tertiary/aromatic N) is 4. The monoisotopic (exact) mass is 248 g/mol. The molecule has 1 unspecified atom stereocenters. The van der Waals surface area contributed by atoms with Crippen LogP contribution in [0.5, 0.6) is 0 Å². The minimum Gasteiger partial charge on any atom is -0.469 e. The molecule has 6 heteroatoms. The van der Waals surface area contributed by atoms with E-state index in [0.717, 1.165) is 24.5 Å². The van der Waals surface area contributed by atoms with Crippen molar-refractivity contribution in [2.75, 3.05) is 25.1 Å². The van der Waals surface area contributed by atoms with Crippen LogP contribution in [0.2, 0.25) is 0 Å². The fraction of sp³-hybridized carbons (Fsp3) is 0.583. The van der Waals surface area contributed by atoms with Crippen molar-refractivity contribution >= 4 is 11.8 Å². The predicted molar refractivity (Wildman–Crippen MR) is 65.0 cm³/mol. The van der Waals surface area contributed by atoms with Gasteiger partial charge in [0, 0.05) is 20.1 Å². The quantitative estimate of drug-likeness (QED) is 0.717. The third kappa shape index (κ3) is 1.92. The lowest BCUT2D eigenvalue weighted by molar-refractivity contribution is -0.144. The molecule has 0 N–H and O–H groups in total.